The number of carbonyl (C=O) groups is 1. The van der Waals surface area contributed by atoms with Crippen molar-refractivity contribution in [3.05, 3.63) is 70.0 Å². The first kappa shape index (κ1) is 25.7. The number of hydrogen-bond donors (Lipinski definition) is 2. The normalized spacial score (nSPS) is 10.8. The largest absolute Gasteiger partial charge is 0.495 e. The lowest BCUT2D eigenvalue weighted by Crippen LogP contribution is -2.17. The van der Waals surface area contributed by atoms with Gasteiger partial charge >= 0.3 is 5.97 Å². The van der Waals surface area contributed by atoms with Gasteiger partial charge in [-0.2, -0.15) is 0 Å². The molecule has 3 aromatic rings. The Hall–Kier alpha value is -3.95. The van der Waals surface area contributed by atoms with E-state index in [2.05, 4.69) is 21.8 Å². The zero-order valence-corrected chi connectivity index (χ0v) is 19.8. The molecular formula is C22H17ClF2N4O5S. The minimum atomic E-state index is -4.51. The highest BCUT2D eigenvalue weighted by Crippen LogP contribution is 2.34. The average molecular weight is 523 g/mol. The first-order valence-electron chi connectivity index (χ1n) is 9.62. The van der Waals surface area contributed by atoms with E-state index in [1.165, 1.54) is 32.5 Å². The Morgan fingerprint density at radius 1 is 1.20 bits per heavy atom. The lowest BCUT2D eigenvalue weighted by atomic mass is 10.1. The van der Waals surface area contributed by atoms with Crippen LogP contribution in [0.1, 0.15) is 23.6 Å². The molecule has 0 saturated heterocycles. The molecule has 2 aromatic carbocycles. The van der Waals surface area contributed by atoms with Crippen LogP contribution in [0.3, 0.4) is 0 Å². The lowest BCUT2D eigenvalue weighted by molar-refractivity contribution is -0.142. The van der Waals surface area contributed by atoms with Crippen molar-refractivity contribution < 1.29 is 31.5 Å². The van der Waals surface area contributed by atoms with E-state index in [-0.39, 0.29) is 34.5 Å². The number of methoxy groups -OCH3 is 1. The van der Waals surface area contributed by atoms with Gasteiger partial charge in [-0.05, 0) is 24.3 Å². The van der Waals surface area contributed by atoms with Crippen LogP contribution in [-0.4, -0.2) is 31.5 Å². The van der Waals surface area contributed by atoms with E-state index in [1.807, 2.05) is 4.72 Å². The van der Waals surface area contributed by atoms with Gasteiger partial charge in [0, 0.05) is 29.9 Å². The summed E-state index contributed by atoms with van der Waals surface area (Å²) in [5.41, 5.74) is 4.51. The zero-order valence-electron chi connectivity index (χ0n) is 18.2. The van der Waals surface area contributed by atoms with Crippen LogP contribution in [0.5, 0.6) is 5.75 Å². The zero-order chi connectivity index (χ0) is 25.8. The molecule has 35 heavy (non-hydrogen) atoms. The molecule has 9 nitrogen and oxygen atoms in total. The summed E-state index contributed by atoms with van der Waals surface area (Å²) in [6.07, 6.45) is 2.52. The summed E-state index contributed by atoms with van der Waals surface area (Å²) in [5.74, 6) is 1.73. The van der Waals surface area contributed by atoms with Crippen LogP contribution in [0.2, 0.25) is 5.02 Å². The Kier molecular flexibility index (Phi) is 7.73. The topological polar surface area (TPSA) is 134 Å². The van der Waals surface area contributed by atoms with E-state index in [1.54, 1.807) is 0 Å². The molecular weight excluding hydrogens is 506 g/mol. The van der Waals surface area contributed by atoms with E-state index in [0.717, 1.165) is 18.2 Å². The van der Waals surface area contributed by atoms with Gasteiger partial charge in [0.25, 0.3) is 10.0 Å². The van der Waals surface area contributed by atoms with E-state index < -0.39 is 43.8 Å². The minimum absolute atomic E-state index is 0.00299. The van der Waals surface area contributed by atoms with Gasteiger partial charge in [-0.25, -0.2) is 27.2 Å². The second-order valence-corrected chi connectivity index (χ2v) is 8.93. The maximum atomic E-state index is 15.1. The molecule has 1 heterocycles. The molecule has 3 N–H and O–H groups in total. The lowest BCUT2D eigenvalue weighted by Gasteiger charge is -2.16. The molecule has 0 atom stereocenters. The van der Waals surface area contributed by atoms with Gasteiger partial charge in [-0.3, -0.25) is 9.52 Å². The van der Waals surface area contributed by atoms with E-state index in [4.69, 9.17) is 26.8 Å². The van der Waals surface area contributed by atoms with Crippen molar-refractivity contribution in [2.45, 2.75) is 18.4 Å². The highest BCUT2D eigenvalue weighted by atomic mass is 35.5. The molecule has 0 spiro atoms. The molecule has 1 aromatic heterocycles. The van der Waals surface area contributed by atoms with Crippen LogP contribution in [0, 0.1) is 23.5 Å². The summed E-state index contributed by atoms with van der Waals surface area (Å²) in [7, 11) is -3.31. The highest BCUT2D eigenvalue weighted by molar-refractivity contribution is 7.92. The standard InChI is InChI=1S/C22H17ClF2N4O5S/c1-12(30)34-11-14-7-15(23)8-19(21(14)33-2)35(31,32)29-18-6-5-17(24)16(20(18)25)4-3-13-9-27-22(26)28-10-13/h5-10,29H,11H2,1-2H3,(H2,26,27,28). The first-order chi connectivity index (χ1) is 16.5. The molecule has 0 amide bonds. The molecule has 0 unspecified atom stereocenters. The summed E-state index contributed by atoms with van der Waals surface area (Å²) in [6.45, 7) is 0.857. The number of nitrogens with one attached hydrogen (secondary N) is 1. The van der Waals surface area contributed by atoms with E-state index in [9.17, 15) is 17.6 Å². The number of aromatic nitrogens is 2. The third-order valence-electron chi connectivity index (χ3n) is 4.36. The quantitative estimate of drug-likeness (QED) is 0.372. The summed E-state index contributed by atoms with van der Waals surface area (Å²) in [6, 6.07) is 4.18. The highest BCUT2D eigenvalue weighted by Gasteiger charge is 2.26. The number of anilines is 2. The minimum Gasteiger partial charge on any atom is -0.495 e. The van der Waals surface area contributed by atoms with Crippen molar-refractivity contribution in [1.29, 1.82) is 0 Å². The third kappa shape index (κ3) is 6.14. The molecule has 3 rings (SSSR count). The summed E-state index contributed by atoms with van der Waals surface area (Å²) < 4.78 is 67.7. The Balaban J connectivity index is 2.01. The number of esters is 1. The van der Waals surface area contributed by atoms with Gasteiger partial charge in [0.05, 0.1) is 23.9 Å². The fourth-order valence-corrected chi connectivity index (χ4v) is 4.43. The summed E-state index contributed by atoms with van der Waals surface area (Å²) >= 11 is 6.04. The van der Waals surface area contributed by atoms with Gasteiger partial charge in [0.2, 0.25) is 5.95 Å². The number of sulfonamides is 1. The Labute approximate surface area is 204 Å². The van der Waals surface area contributed by atoms with Crippen molar-refractivity contribution in [2.75, 3.05) is 17.6 Å². The van der Waals surface area contributed by atoms with Crippen LogP contribution in [0.15, 0.2) is 41.6 Å². The fourth-order valence-electron chi connectivity index (χ4n) is 2.82. The molecule has 0 radical (unpaired) electrons. The van der Waals surface area contributed by atoms with Gasteiger partial charge in [-0.1, -0.05) is 23.4 Å². The number of halogens is 3. The molecule has 182 valence electrons. The maximum Gasteiger partial charge on any atom is 0.302 e. The van der Waals surface area contributed by atoms with Crippen molar-refractivity contribution in [3.8, 4) is 17.6 Å². The smallest absolute Gasteiger partial charge is 0.302 e. The summed E-state index contributed by atoms with van der Waals surface area (Å²) in [4.78, 5) is 18.2. The van der Waals surface area contributed by atoms with Gasteiger partial charge < -0.3 is 15.2 Å². The van der Waals surface area contributed by atoms with Crippen molar-refractivity contribution in [1.82, 2.24) is 9.97 Å². The molecule has 0 aliphatic rings. The Morgan fingerprint density at radius 3 is 2.51 bits per heavy atom. The number of nitrogens with two attached hydrogens (primary N) is 1. The molecule has 13 heteroatoms. The number of rotatable bonds is 6. The number of ether oxygens (including phenoxy) is 2. The number of benzene rings is 2. The molecule has 0 bridgehead atoms. The summed E-state index contributed by atoms with van der Waals surface area (Å²) in [5, 5.41) is -0.00909. The maximum absolute atomic E-state index is 15.1. The number of carbonyl (C=O) groups excluding carboxylic acids is 1. The molecule has 0 saturated carbocycles. The van der Waals surface area contributed by atoms with Crippen molar-refractivity contribution in [3.63, 3.8) is 0 Å². The second-order valence-electron chi connectivity index (χ2n) is 6.85. The van der Waals surface area contributed by atoms with Crippen LogP contribution in [-0.2, 0) is 26.2 Å². The predicted molar refractivity (Wildman–Crippen MR) is 123 cm³/mol. The van der Waals surface area contributed by atoms with Crippen molar-refractivity contribution >= 4 is 39.2 Å². The van der Waals surface area contributed by atoms with Crippen LogP contribution in [0.25, 0.3) is 0 Å². The Morgan fingerprint density at radius 2 is 1.89 bits per heavy atom. The van der Waals surface area contributed by atoms with Crippen LogP contribution < -0.4 is 15.2 Å². The monoisotopic (exact) mass is 522 g/mol. The molecule has 0 aliphatic heterocycles. The number of hydrogen-bond acceptors (Lipinski definition) is 8. The van der Waals surface area contributed by atoms with Gasteiger partial charge in [0.15, 0.2) is 5.82 Å². The fraction of sp³-hybridized carbons (Fsp3) is 0.136. The Bertz CT molecular complexity index is 1460. The molecule has 0 aliphatic carbocycles. The van der Waals surface area contributed by atoms with Crippen molar-refractivity contribution in [2.24, 2.45) is 0 Å². The SMILES string of the molecule is COc1c(COC(C)=O)cc(Cl)cc1S(=O)(=O)Nc1ccc(F)c(C#Cc2cnc(N)nc2)c1F. The van der Waals surface area contributed by atoms with Gasteiger partial charge in [0.1, 0.15) is 23.1 Å². The molecule has 0 fully saturated rings. The van der Waals surface area contributed by atoms with Gasteiger partial charge in [-0.15, -0.1) is 0 Å². The predicted octanol–water partition coefficient (Wildman–Crippen LogP) is 3.26. The number of nitrogen functional groups attached to an aromatic ring is 1. The first-order valence-corrected chi connectivity index (χ1v) is 11.5. The number of nitrogens with zero attached hydrogens (tertiary/aromatic N) is 2. The van der Waals surface area contributed by atoms with Crippen LogP contribution in [0.4, 0.5) is 20.4 Å². The van der Waals surface area contributed by atoms with Crippen LogP contribution >= 0.6 is 11.6 Å². The second kappa shape index (κ2) is 10.5. The van der Waals surface area contributed by atoms with E-state index >= 15 is 4.39 Å². The third-order valence-corrected chi connectivity index (χ3v) is 5.95. The van der Waals surface area contributed by atoms with E-state index in [0.29, 0.717) is 0 Å². The average Bonchev–Trinajstić information content (AvgIpc) is 2.80.